The number of nitrogens with zero attached hydrogens (tertiary/aromatic N) is 2. The molecule has 12 heteroatoms. The molecular weight excluding hydrogens is 613 g/mol. The molecule has 0 aliphatic carbocycles. The van der Waals surface area contributed by atoms with E-state index in [1.807, 2.05) is 20.8 Å². The zero-order chi connectivity index (χ0) is 31.9. The predicted octanol–water partition coefficient (Wildman–Crippen LogP) is 5.93. The zero-order valence-electron chi connectivity index (χ0n) is 25.1. The standard InChI is InChI=1S/C31H37Cl2N3O6S/c1-7-26(30(38)34-31(2,3)4)35(19-21-13-14-22(32)17-25(21)33)29(37)20-36(43(39,40)24-11-9-8-10-12-24)23-15-16-27(41-5)28(18-23)42-6/h8-18,26H,7,19-20H2,1-6H3,(H,34,38)/t26-/m0/s1. The molecular formula is C31H37Cl2N3O6S. The van der Waals surface area contributed by atoms with E-state index in [1.165, 1.54) is 43.4 Å². The Morgan fingerprint density at radius 2 is 1.58 bits per heavy atom. The maximum Gasteiger partial charge on any atom is 0.264 e. The molecule has 43 heavy (non-hydrogen) atoms. The van der Waals surface area contributed by atoms with Crippen LogP contribution < -0.4 is 19.1 Å². The van der Waals surface area contributed by atoms with Gasteiger partial charge < -0.3 is 19.7 Å². The minimum Gasteiger partial charge on any atom is -0.493 e. The van der Waals surface area contributed by atoms with Gasteiger partial charge in [-0.15, -0.1) is 0 Å². The van der Waals surface area contributed by atoms with Gasteiger partial charge in [0.15, 0.2) is 11.5 Å². The summed E-state index contributed by atoms with van der Waals surface area (Å²) < 4.78 is 39.8. The van der Waals surface area contributed by atoms with Crippen LogP contribution in [0.2, 0.25) is 10.0 Å². The van der Waals surface area contributed by atoms with Crippen molar-refractivity contribution < 1.29 is 27.5 Å². The molecule has 9 nitrogen and oxygen atoms in total. The summed E-state index contributed by atoms with van der Waals surface area (Å²) in [4.78, 5) is 29.1. The Hall–Kier alpha value is -3.47. The highest BCUT2D eigenvalue weighted by Crippen LogP contribution is 2.34. The van der Waals surface area contributed by atoms with E-state index in [0.717, 1.165) is 4.31 Å². The smallest absolute Gasteiger partial charge is 0.264 e. The van der Waals surface area contributed by atoms with Crippen LogP contribution in [0.1, 0.15) is 39.7 Å². The van der Waals surface area contributed by atoms with E-state index in [0.29, 0.717) is 21.4 Å². The van der Waals surface area contributed by atoms with E-state index in [9.17, 15) is 18.0 Å². The molecule has 0 heterocycles. The molecule has 0 saturated carbocycles. The predicted molar refractivity (Wildman–Crippen MR) is 170 cm³/mol. The summed E-state index contributed by atoms with van der Waals surface area (Å²) in [6, 6.07) is 16.3. The molecule has 3 aromatic rings. The molecule has 0 spiro atoms. The monoisotopic (exact) mass is 649 g/mol. The van der Waals surface area contributed by atoms with E-state index in [-0.39, 0.29) is 35.2 Å². The normalized spacial score (nSPS) is 12.3. The van der Waals surface area contributed by atoms with Crippen LogP contribution in [0.15, 0.2) is 71.6 Å². The van der Waals surface area contributed by atoms with Crippen LogP contribution in [0, 0.1) is 0 Å². The van der Waals surface area contributed by atoms with Crippen molar-refractivity contribution in [3.8, 4) is 11.5 Å². The van der Waals surface area contributed by atoms with Crippen LogP contribution in [-0.4, -0.2) is 57.5 Å². The fourth-order valence-electron chi connectivity index (χ4n) is 4.43. The van der Waals surface area contributed by atoms with Crippen molar-refractivity contribution in [2.75, 3.05) is 25.1 Å². The molecule has 0 saturated heterocycles. The Morgan fingerprint density at radius 1 is 0.930 bits per heavy atom. The zero-order valence-corrected chi connectivity index (χ0v) is 27.4. The third kappa shape index (κ3) is 8.55. The molecule has 3 aromatic carbocycles. The van der Waals surface area contributed by atoms with Gasteiger partial charge in [0.2, 0.25) is 11.8 Å². The third-order valence-corrected chi connectivity index (χ3v) is 8.88. The fourth-order valence-corrected chi connectivity index (χ4v) is 6.33. The van der Waals surface area contributed by atoms with Gasteiger partial charge in [0.05, 0.1) is 24.8 Å². The quantitative estimate of drug-likeness (QED) is 0.261. The first-order valence-corrected chi connectivity index (χ1v) is 15.8. The topological polar surface area (TPSA) is 105 Å². The number of carbonyl (C=O) groups excluding carboxylic acids is 2. The molecule has 232 valence electrons. The lowest BCUT2D eigenvalue weighted by atomic mass is 10.1. The van der Waals surface area contributed by atoms with Crippen molar-refractivity contribution in [1.82, 2.24) is 10.2 Å². The minimum atomic E-state index is -4.25. The van der Waals surface area contributed by atoms with Crippen molar-refractivity contribution >= 4 is 50.7 Å². The number of hydrogen-bond donors (Lipinski definition) is 1. The lowest BCUT2D eigenvalue weighted by Gasteiger charge is -2.35. The van der Waals surface area contributed by atoms with Gasteiger partial charge in [0.25, 0.3) is 10.0 Å². The van der Waals surface area contributed by atoms with Crippen LogP contribution in [0.25, 0.3) is 0 Å². The maximum absolute atomic E-state index is 14.3. The van der Waals surface area contributed by atoms with Gasteiger partial charge in [-0.1, -0.05) is 54.4 Å². The number of ether oxygens (including phenoxy) is 2. The van der Waals surface area contributed by atoms with E-state index >= 15 is 0 Å². The van der Waals surface area contributed by atoms with Gasteiger partial charge in [-0.3, -0.25) is 13.9 Å². The number of hydrogen-bond acceptors (Lipinski definition) is 6. The summed E-state index contributed by atoms with van der Waals surface area (Å²) in [5, 5.41) is 3.66. The molecule has 3 rings (SSSR count). The Morgan fingerprint density at radius 3 is 2.14 bits per heavy atom. The van der Waals surface area contributed by atoms with Crippen molar-refractivity contribution in [3.05, 3.63) is 82.3 Å². The second-order valence-electron chi connectivity index (χ2n) is 10.8. The van der Waals surface area contributed by atoms with Gasteiger partial charge in [-0.2, -0.15) is 0 Å². The molecule has 0 fully saturated rings. The average molecular weight is 651 g/mol. The van der Waals surface area contributed by atoms with Gasteiger partial charge in [-0.25, -0.2) is 8.42 Å². The van der Waals surface area contributed by atoms with Gasteiger partial charge in [0, 0.05) is 28.2 Å². The molecule has 0 unspecified atom stereocenters. The number of methoxy groups -OCH3 is 2. The maximum atomic E-state index is 14.3. The molecule has 2 amide bonds. The van der Waals surface area contributed by atoms with Crippen LogP contribution in [0.3, 0.4) is 0 Å². The van der Waals surface area contributed by atoms with Crippen molar-refractivity contribution in [2.24, 2.45) is 0 Å². The summed E-state index contributed by atoms with van der Waals surface area (Å²) in [6.07, 6.45) is 0.265. The number of halogens is 2. The lowest BCUT2D eigenvalue weighted by molar-refractivity contribution is -0.141. The second kappa shape index (κ2) is 14.3. The molecule has 0 aromatic heterocycles. The van der Waals surface area contributed by atoms with Crippen LogP contribution in [0.5, 0.6) is 11.5 Å². The van der Waals surface area contributed by atoms with Crippen LogP contribution in [-0.2, 0) is 26.2 Å². The molecule has 0 aliphatic rings. The number of benzene rings is 3. The van der Waals surface area contributed by atoms with Crippen molar-refractivity contribution in [1.29, 1.82) is 0 Å². The first-order chi connectivity index (χ1) is 20.2. The number of anilines is 1. The Kier molecular flexibility index (Phi) is 11.3. The second-order valence-corrected chi connectivity index (χ2v) is 13.5. The molecule has 1 N–H and O–H groups in total. The van der Waals surface area contributed by atoms with Crippen LogP contribution in [0.4, 0.5) is 5.69 Å². The van der Waals surface area contributed by atoms with E-state index in [4.69, 9.17) is 32.7 Å². The third-order valence-electron chi connectivity index (χ3n) is 6.51. The number of carbonyl (C=O) groups is 2. The number of rotatable bonds is 12. The molecule has 0 aliphatic heterocycles. The molecule has 0 bridgehead atoms. The van der Waals surface area contributed by atoms with Crippen molar-refractivity contribution in [2.45, 2.75) is 57.1 Å². The molecule has 1 atom stereocenters. The fraction of sp³-hybridized carbons (Fsp3) is 0.355. The highest BCUT2D eigenvalue weighted by molar-refractivity contribution is 7.92. The first-order valence-electron chi connectivity index (χ1n) is 13.6. The Bertz CT molecular complexity index is 1540. The Labute approximate surface area is 263 Å². The average Bonchev–Trinajstić information content (AvgIpc) is 2.95. The molecule has 0 radical (unpaired) electrons. The van der Waals surface area contributed by atoms with Gasteiger partial charge >= 0.3 is 0 Å². The Balaban J connectivity index is 2.14. The highest BCUT2D eigenvalue weighted by atomic mass is 35.5. The van der Waals surface area contributed by atoms with Crippen LogP contribution >= 0.6 is 23.2 Å². The summed E-state index contributed by atoms with van der Waals surface area (Å²) >= 11 is 12.6. The lowest BCUT2D eigenvalue weighted by Crippen LogP contribution is -2.55. The number of amides is 2. The largest absolute Gasteiger partial charge is 0.493 e. The van der Waals surface area contributed by atoms with E-state index < -0.39 is 34.1 Å². The summed E-state index contributed by atoms with van der Waals surface area (Å²) in [5.41, 5.74) is 0.149. The van der Waals surface area contributed by atoms with Gasteiger partial charge in [0.1, 0.15) is 12.6 Å². The summed E-state index contributed by atoms with van der Waals surface area (Å²) in [6.45, 7) is 6.62. The minimum absolute atomic E-state index is 0.0117. The first kappa shape index (κ1) is 34.0. The van der Waals surface area contributed by atoms with Gasteiger partial charge in [-0.05, 0) is 69.2 Å². The summed E-state index contributed by atoms with van der Waals surface area (Å²) in [7, 11) is -1.35. The van der Waals surface area contributed by atoms with E-state index in [1.54, 1.807) is 49.4 Å². The summed E-state index contributed by atoms with van der Waals surface area (Å²) in [5.74, 6) is -0.326. The number of sulfonamides is 1. The highest BCUT2D eigenvalue weighted by Gasteiger charge is 2.35. The SMILES string of the molecule is CC[C@@H](C(=O)NC(C)(C)C)N(Cc1ccc(Cl)cc1Cl)C(=O)CN(c1ccc(OC)c(OC)c1)S(=O)(=O)c1ccccc1. The van der Waals surface area contributed by atoms with Crippen molar-refractivity contribution in [3.63, 3.8) is 0 Å². The van der Waals surface area contributed by atoms with E-state index in [2.05, 4.69) is 5.32 Å². The number of nitrogens with one attached hydrogen (secondary N) is 1.